The van der Waals surface area contributed by atoms with Crippen LogP contribution in [0.3, 0.4) is 0 Å². The summed E-state index contributed by atoms with van der Waals surface area (Å²) in [5.74, 6) is 0.539. The molecule has 19 heavy (non-hydrogen) atoms. The van der Waals surface area contributed by atoms with E-state index in [4.69, 9.17) is 5.73 Å². The van der Waals surface area contributed by atoms with Gasteiger partial charge in [0.05, 0.1) is 11.9 Å². The van der Waals surface area contributed by atoms with E-state index in [0.29, 0.717) is 5.82 Å². The molecule has 0 spiro atoms. The van der Waals surface area contributed by atoms with Crippen LogP contribution in [-0.2, 0) is 6.54 Å². The number of benzene rings is 1. The third-order valence-corrected chi connectivity index (χ3v) is 2.84. The fraction of sp³-hybridized carbons (Fsp3) is 0.400. The molecule has 0 radical (unpaired) electrons. The van der Waals surface area contributed by atoms with Crippen LogP contribution in [0.15, 0.2) is 36.8 Å². The van der Waals surface area contributed by atoms with Crippen LogP contribution in [-0.4, -0.2) is 16.1 Å². The van der Waals surface area contributed by atoms with Gasteiger partial charge in [-0.3, -0.25) is 0 Å². The highest BCUT2D eigenvalue weighted by Gasteiger charge is 2.10. The normalized spacial score (nSPS) is 11.7. The third kappa shape index (κ3) is 3.83. The highest BCUT2D eigenvalue weighted by atomic mass is 15.1. The number of nitrogens with one attached hydrogen (secondary N) is 1. The molecule has 0 saturated carbocycles. The van der Waals surface area contributed by atoms with E-state index in [9.17, 15) is 0 Å². The van der Waals surface area contributed by atoms with E-state index < -0.39 is 0 Å². The second kappa shape index (κ2) is 5.45. The molecule has 0 amide bonds. The van der Waals surface area contributed by atoms with Gasteiger partial charge in [0, 0.05) is 13.1 Å². The third-order valence-electron chi connectivity index (χ3n) is 2.84. The predicted molar refractivity (Wildman–Crippen MR) is 79.1 cm³/mol. The number of aromatic nitrogens is 2. The lowest BCUT2D eigenvalue weighted by Gasteiger charge is -2.19. The molecular formula is C15H22N4. The van der Waals surface area contributed by atoms with Crippen LogP contribution in [0.5, 0.6) is 0 Å². The monoisotopic (exact) mass is 258 g/mol. The lowest BCUT2D eigenvalue weighted by atomic mass is 9.97. The zero-order valence-electron chi connectivity index (χ0n) is 11.9. The Kier molecular flexibility index (Phi) is 3.90. The maximum atomic E-state index is 5.68. The van der Waals surface area contributed by atoms with Gasteiger partial charge in [-0.25, -0.2) is 4.98 Å². The molecule has 4 heteroatoms. The second-order valence-electron chi connectivity index (χ2n) is 6.00. The zero-order valence-corrected chi connectivity index (χ0v) is 11.9. The average Bonchev–Trinajstić information content (AvgIpc) is 2.75. The Morgan fingerprint density at radius 1 is 1.26 bits per heavy atom. The van der Waals surface area contributed by atoms with Crippen molar-refractivity contribution in [1.82, 2.24) is 14.9 Å². The number of hydrogen-bond donors (Lipinski definition) is 2. The highest BCUT2D eigenvalue weighted by molar-refractivity contribution is 5.43. The molecule has 0 aliphatic heterocycles. The molecule has 1 heterocycles. The standard InChI is InChI=1S/C15H22N4/c1-15(2,3)10-17-8-12-6-4-5-7-13(12)19-9-14(16)18-11-19/h4-7,9,11,17H,8,10,16H2,1-3H3. The summed E-state index contributed by atoms with van der Waals surface area (Å²) in [6.07, 6.45) is 3.58. The Morgan fingerprint density at radius 3 is 2.63 bits per heavy atom. The summed E-state index contributed by atoms with van der Waals surface area (Å²) in [5.41, 5.74) is 8.32. The summed E-state index contributed by atoms with van der Waals surface area (Å²) in [4.78, 5) is 4.07. The molecule has 1 aromatic carbocycles. The van der Waals surface area contributed by atoms with Crippen LogP contribution in [0.25, 0.3) is 5.69 Å². The van der Waals surface area contributed by atoms with Gasteiger partial charge in [-0.05, 0) is 17.0 Å². The van der Waals surface area contributed by atoms with E-state index in [1.54, 1.807) is 6.33 Å². The van der Waals surface area contributed by atoms with Crippen LogP contribution in [0, 0.1) is 5.41 Å². The first kappa shape index (κ1) is 13.6. The Labute approximate surface area is 114 Å². The van der Waals surface area contributed by atoms with Gasteiger partial charge in [-0.1, -0.05) is 39.0 Å². The maximum Gasteiger partial charge on any atom is 0.141 e. The fourth-order valence-electron chi connectivity index (χ4n) is 1.95. The van der Waals surface area contributed by atoms with Crippen molar-refractivity contribution in [1.29, 1.82) is 0 Å². The van der Waals surface area contributed by atoms with Gasteiger partial charge < -0.3 is 15.6 Å². The van der Waals surface area contributed by atoms with E-state index in [-0.39, 0.29) is 5.41 Å². The van der Waals surface area contributed by atoms with Crippen molar-refractivity contribution in [2.24, 2.45) is 5.41 Å². The zero-order chi connectivity index (χ0) is 13.9. The van der Waals surface area contributed by atoms with Crippen LogP contribution in [0.4, 0.5) is 5.82 Å². The van der Waals surface area contributed by atoms with Crippen molar-refractivity contribution in [3.05, 3.63) is 42.4 Å². The van der Waals surface area contributed by atoms with Crippen molar-refractivity contribution in [3.63, 3.8) is 0 Å². The van der Waals surface area contributed by atoms with Gasteiger partial charge in [-0.2, -0.15) is 0 Å². The van der Waals surface area contributed by atoms with Crippen LogP contribution in [0.1, 0.15) is 26.3 Å². The minimum Gasteiger partial charge on any atom is -0.382 e. The Bertz CT molecular complexity index is 537. The lowest BCUT2D eigenvalue weighted by Crippen LogP contribution is -2.26. The average molecular weight is 258 g/mol. The summed E-state index contributed by atoms with van der Waals surface area (Å²) in [6.45, 7) is 8.49. The van der Waals surface area contributed by atoms with E-state index in [1.807, 2.05) is 16.8 Å². The second-order valence-corrected chi connectivity index (χ2v) is 6.00. The van der Waals surface area contributed by atoms with E-state index >= 15 is 0 Å². The first-order valence-electron chi connectivity index (χ1n) is 6.54. The lowest BCUT2D eigenvalue weighted by molar-refractivity contribution is 0.379. The molecule has 0 bridgehead atoms. The Morgan fingerprint density at radius 2 is 2.00 bits per heavy atom. The van der Waals surface area contributed by atoms with E-state index in [2.05, 4.69) is 49.3 Å². The highest BCUT2D eigenvalue weighted by Crippen LogP contribution is 2.16. The van der Waals surface area contributed by atoms with Crippen molar-refractivity contribution in [3.8, 4) is 5.69 Å². The molecule has 0 atom stereocenters. The summed E-state index contributed by atoms with van der Waals surface area (Å²) >= 11 is 0. The molecule has 0 saturated heterocycles. The number of rotatable bonds is 4. The first-order valence-corrected chi connectivity index (χ1v) is 6.54. The van der Waals surface area contributed by atoms with Gasteiger partial charge in [0.15, 0.2) is 0 Å². The summed E-state index contributed by atoms with van der Waals surface area (Å²) in [5, 5.41) is 3.49. The Balaban J connectivity index is 2.13. The minimum absolute atomic E-state index is 0.286. The number of nitrogens with zero attached hydrogens (tertiary/aromatic N) is 2. The largest absolute Gasteiger partial charge is 0.382 e. The minimum atomic E-state index is 0.286. The molecule has 0 fully saturated rings. The van der Waals surface area contributed by atoms with Crippen molar-refractivity contribution in [2.75, 3.05) is 12.3 Å². The first-order chi connectivity index (χ1) is 8.96. The fourth-order valence-corrected chi connectivity index (χ4v) is 1.95. The Hall–Kier alpha value is -1.81. The van der Waals surface area contributed by atoms with Crippen molar-refractivity contribution in [2.45, 2.75) is 27.3 Å². The molecule has 1 aromatic heterocycles. The van der Waals surface area contributed by atoms with Crippen LogP contribution >= 0.6 is 0 Å². The topological polar surface area (TPSA) is 55.9 Å². The number of hydrogen-bond acceptors (Lipinski definition) is 3. The van der Waals surface area contributed by atoms with E-state index in [1.165, 1.54) is 5.56 Å². The molecule has 0 aliphatic rings. The van der Waals surface area contributed by atoms with Gasteiger partial charge in [0.2, 0.25) is 0 Å². The van der Waals surface area contributed by atoms with Gasteiger partial charge in [0.1, 0.15) is 12.1 Å². The van der Waals surface area contributed by atoms with Crippen LogP contribution < -0.4 is 11.1 Å². The molecule has 102 valence electrons. The molecule has 3 N–H and O–H groups in total. The molecule has 2 rings (SSSR count). The van der Waals surface area contributed by atoms with Gasteiger partial charge in [0.25, 0.3) is 0 Å². The molecule has 4 nitrogen and oxygen atoms in total. The molecule has 0 unspecified atom stereocenters. The van der Waals surface area contributed by atoms with Gasteiger partial charge >= 0.3 is 0 Å². The van der Waals surface area contributed by atoms with Crippen molar-refractivity contribution >= 4 is 5.82 Å². The molecule has 2 aromatic rings. The number of nitrogen functional groups attached to an aromatic ring is 1. The summed E-state index contributed by atoms with van der Waals surface area (Å²) < 4.78 is 1.96. The summed E-state index contributed by atoms with van der Waals surface area (Å²) in [6, 6.07) is 8.28. The number of nitrogens with two attached hydrogens (primary N) is 1. The molecule has 0 aliphatic carbocycles. The maximum absolute atomic E-state index is 5.68. The van der Waals surface area contributed by atoms with Gasteiger partial charge in [-0.15, -0.1) is 0 Å². The van der Waals surface area contributed by atoms with E-state index in [0.717, 1.165) is 18.8 Å². The SMILES string of the molecule is CC(C)(C)CNCc1ccccc1-n1cnc(N)c1. The predicted octanol–water partition coefficient (Wildman–Crippen LogP) is 2.59. The van der Waals surface area contributed by atoms with Crippen molar-refractivity contribution < 1.29 is 0 Å². The number of anilines is 1. The summed E-state index contributed by atoms with van der Waals surface area (Å²) in [7, 11) is 0. The quantitative estimate of drug-likeness (QED) is 0.886. The number of para-hydroxylation sites is 1. The van der Waals surface area contributed by atoms with Crippen LogP contribution in [0.2, 0.25) is 0 Å². The smallest absolute Gasteiger partial charge is 0.141 e. The number of imidazole rings is 1. The molecular weight excluding hydrogens is 236 g/mol.